The van der Waals surface area contributed by atoms with Crippen LogP contribution in [-0.4, -0.2) is 16.5 Å². The van der Waals surface area contributed by atoms with Crippen LogP contribution < -0.4 is 5.32 Å². The zero-order chi connectivity index (χ0) is 14.5. The first kappa shape index (κ1) is 14.7. The number of hydrogen-bond donors (Lipinski definition) is 1. The molecule has 0 aromatic carbocycles. The van der Waals surface area contributed by atoms with Crippen LogP contribution in [0.3, 0.4) is 0 Å². The Bertz CT molecular complexity index is 558. The third kappa shape index (κ3) is 3.89. The Labute approximate surface area is 130 Å². The predicted octanol–water partition coefficient (Wildman–Crippen LogP) is 4.27. The van der Waals surface area contributed by atoms with E-state index in [4.69, 9.17) is 0 Å². The van der Waals surface area contributed by atoms with Crippen molar-refractivity contribution in [2.75, 3.05) is 6.54 Å². The smallest absolute Gasteiger partial charge is 0.142 e. The number of rotatable bonds is 5. The van der Waals surface area contributed by atoms with Crippen LogP contribution in [0.1, 0.15) is 44.7 Å². The summed E-state index contributed by atoms with van der Waals surface area (Å²) in [6.45, 7) is 4.38. The highest BCUT2D eigenvalue weighted by atomic mass is 32.1. The Morgan fingerprint density at radius 1 is 1.24 bits per heavy atom. The van der Waals surface area contributed by atoms with Crippen molar-refractivity contribution in [3.63, 3.8) is 0 Å². The van der Waals surface area contributed by atoms with Gasteiger partial charge in [-0.15, -0.1) is 11.3 Å². The third-order valence-corrected chi connectivity index (χ3v) is 5.27. The van der Waals surface area contributed by atoms with E-state index in [1.807, 2.05) is 24.4 Å². The predicted molar refractivity (Wildman–Crippen MR) is 88.2 cm³/mol. The monoisotopic (exact) mass is 301 g/mol. The molecule has 1 fully saturated rings. The van der Waals surface area contributed by atoms with Crippen LogP contribution in [0.25, 0.3) is 10.7 Å². The van der Waals surface area contributed by atoms with Gasteiger partial charge in [0.25, 0.3) is 0 Å². The maximum Gasteiger partial charge on any atom is 0.142 e. The average molecular weight is 301 g/mol. The molecule has 1 N–H and O–H groups in total. The van der Waals surface area contributed by atoms with Gasteiger partial charge in [0.1, 0.15) is 5.01 Å². The second-order valence-electron chi connectivity index (χ2n) is 6.33. The first-order valence-corrected chi connectivity index (χ1v) is 8.70. The van der Waals surface area contributed by atoms with Crippen LogP contribution in [-0.2, 0) is 6.54 Å². The van der Waals surface area contributed by atoms with E-state index in [9.17, 15) is 0 Å². The van der Waals surface area contributed by atoms with E-state index < -0.39 is 0 Å². The molecule has 3 rings (SSSR count). The summed E-state index contributed by atoms with van der Waals surface area (Å²) in [5.74, 6) is 0. The molecule has 1 aliphatic carbocycles. The SMILES string of the molecule is CC1(CNCc2csc(-c3ccccn3)n2)CCCCC1. The first-order valence-electron chi connectivity index (χ1n) is 7.82. The Morgan fingerprint density at radius 2 is 2.10 bits per heavy atom. The Morgan fingerprint density at radius 3 is 2.86 bits per heavy atom. The van der Waals surface area contributed by atoms with Crippen molar-refractivity contribution in [1.82, 2.24) is 15.3 Å². The van der Waals surface area contributed by atoms with Crippen molar-refractivity contribution in [3.8, 4) is 10.7 Å². The summed E-state index contributed by atoms with van der Waals surface area (Å²) in [5, 5.41) is 6.75. The van der Waals surface area contributed by atoms with E-state index in [0.717, 1.165) is 29.5 Å². The molecule has 3 nitrogen and oxygen atoms in total. The van der Waals surface area contributed by atoms with Gasteiger partial charge in [-0.05, 0) is 30.4 Å². The summed E-state index contributed by atoms with van der Waals surface area (Å²) >= 11 is 1.67. The Hall–Kier alpha value is -1.26. The summed E-state index contributed by atoms with van der Waals surface area (Å²) in [4.78, 5) is 9.03. The van der Waals surface area contributed by atoms with Crippen LogP contribution in [0, 0.1) is 5.41 Å². The number of pyridine rings is 1. The van der Waals surface area contributed by atoms with Crippen molar-refractivity contribution in [2.24, 2.45) is 5.41 Å². The quantitative estimate of drug-likeness (QED) is 0.896. The molecular weight excluding hydrogens is 278 g/mol. The van der Waals surface area contributed by atoms with Crippen LogP contribution in [0.2, 0.25) is 0 Å². The minimum absolute atomic E-state index is 0.484. The highest BCUT2D eigenvalue weighted by molar-refractivity contribution is 7.13. The molecule has 0 atom stereocenters. The average Bonchev–Trinajstić information content (AvgIpc) is 2.98. The minimum atomic E-state index is 0.484. The second-order valence-corrected chi connectivity index (χ2v) is 7.19. The zero-order valence-corrected chi connectivity index (χ0v) is 13.5. The van der Waals surface area contributed by atoms with Gasteiger partial charge in [-0.25, -0.2) is 4.98 Å². The maximum atomic E-state index is 4.68. The number of thiazole rings is 1. The van der Waals surface area contributed by atoms with E-state index >= 15 is 0 Å². The molecule has 0 amide bonds. The van der Waals surface area contributed by atoms with Gasteiger partial charge in [-0.3, -0.25) is 4.98 Å². The highest BCUT2D eigenvalue weighted by Crippen LogP contribution is 2.35. The van der Waals surface area contributed by atoms with Gasteiger partial charge in [0.15, 0.2) is 0 Å². The van der Waals surface area contributed by atoms with Crippen LogP contribution >= 0.6 is 11.3 Å². The third-order valence-electron chi connectivity index (χ3n) is 4.35. The molecule has 0 spiro atoms. The molecule has 2 aromatic heterocycles. The van der Waals surface area contributed by atoms with Gasteiger partial charge in [-0.1, -0.05) is 32.3 Å². The van der Waals surface area contributed by atoms with E-state index in [1.165, 1.54) is 32.1 Å². The topological polar surface area (TPSA) is 37.8 Å². The van der Waals surface area contributed by atoms with Gasteiger partial charge in [0, 0.05) is 24.7 Å². The molecule has 112 valence electrons. The summed E-state index contributed by atoms with van der Waals surface area (Å²) in [6.07, 6.45) is 8.72. The van der Waals surface area contributed by atoms with Crippen molar-refractivity contribution in [1.29, 1.82) is 0 Å². The van der Waals surface area contributed by atoms with Gasteiger partial charge < -0.3 is 5.32 Å². The lowest BCUT2D eigenvalue weighted by molar-refractivity contribution is 0.207. The van der Waals surface area contributed by atoms with E-state index in [0.29, 0.717) is 5.41 Å². The minimum Gasteiger partial charge on any atom is -0.311 e. The Balaban J connectivity index is 1.53. The maximum absolute atomic E-state index is 4.68. The molecule has 1 saturated carbocycles. The highest BCUT2D eigenvalue weighted by Gasteiger charge is 2.26. The van der Waals surface area contributed by atoms with Crippen LogP contribution in [0.15, 0.2) is 29.8 Å². The van der Waals surface area contributed by atoms with Crippen molar-refractivity contribution in [3.05, 3.63) is 35.5 Å². The molecule has 0 saturated heterocycles. The Kier molecular flexibility index (Phi) is 4.66. The summed E-state index contributed by atoms with van der Waals surface area (Å²) in [7, 11) is 0. The molecule has 2 heterocycles. The molecule has 0 radical (unpaired) electrons. The first-order chi connectivity index (χ1) is 10.3. The number of nitrogens with one attached hydrogen (secondary N) is 1. The van der Waals surface area contributed by atoms with Crippen LogP contribution in [0.5, 0.6) is 0 Å². The molecule has 2 aromatic rings. The van der Waals surface area contributed by atoms with E-state index in [-0.39, 0.29) is 0 Å². The molecule has 0 aliphatic heterocycles. The molecule has 21 heavy (non-hydrogen) atoms. The standard InChI is InChI=1S/C17H23N3S/c1-17(8-4-2-5-9-17)13-18-11-14-12-21-16(20-14)15-7-3-6-10-19-15/h3,6-7,10,12,18H,2,4-5,8-9,11,13H2,1H3. The summed E-state index contributed by atoms with van der Waals surface area (Å²) < 4.78 is 0. The van der Waals surface area contributed by atoms with Gasteiger partial charge in [0.2, 0.25) is 0 Å². The molecule has 0 bridgehead atoms. The molecule has 1 aliphatic rings. The number of aromatic nitrogens is 2. The second kappa shape index (κ2) is 6.67. The number of nitrogens with zero attached hydrogens (tertiary/aromatic N) is 2. The van der Waals surface area contributed by atoms with Crippen molar-refractivity contribution >= 4 is 11.3 Å². The van der Waals surface area contributed by atoms with Gasteiger partial charge in [-0.2, -0.15) is 0 Å². The molecule has 0 unspecified atom stereocenters. The van der Waals surface area contributed by atoms with Gasteiger partial charge >= 0.3 is 0 Å². The van der Waals surface area contributed by atoms with E-state index in [1.54, 1.807) is 11.3 Å². The van der Waals surface area contributed by atoms with E-state index in [2.05, 4.69) is 27.6 Å². The largest absolute Gasteiger partial charge is 0.311 e. The van der Waals surface area contributed by atoms with Gasteiger partial charge in [0.05, 0.1) is 11.4 Å². The fourth-order valence-corrected chi connectivity index (χ4v) is 3.86. The van der Waals surface area contributed by atoms with Crippen molar-refractivity contribution < 1.29 is 0 Å². The number of hydrogen-bond acceptors (Lipinski definition) is 4. The summed E-state index contributed by atoms with van der Waals surface area (Å²) in [5.41, 5.74) is 2.58. The van der Waals surface area contributed by atoms with Crippen LogP contribution in [0.4, 0.5) is 0 Å². The zero-order valence-electron chi connectivity index (χ0n) is 12.6. The lowest BCUT2D eigenvalue weighted by Gasteiger charge is -2.33. The fraction of sp³-hybridized carbons (Fsp3) is 0.529. The normalized spacial score (nSPS) is 17.8. The lowest BCUT2D eigenvalue weighted by Crippen LogP contribution is -2.33. The fourth-order valence-electron chi connectivity index (χ4n) is 3.07. The molecule has 4 heteroatoms. The summed E-state index contributed by atoms with van der Waals surface area (Å²) in [6, 6.07) is 5.95. The molecular formula is C17H23N3S. The van der Waals surface area contributed by atoms with Crippen molar-refractivity contribution in [2.45, 2.75) is 45.6 Å². The lowest BCUT2D eigenvalue weighted by atomic mass is 9.76.